The minimum Gasteiger partial charge on any atom is -0.383 e. The Morgan fingerprint density at radius 3 is 3.00 bits per heavy atom. The van der Waals surface area contributed by atoms with E-state index in [0.29, 0.717) is 18.1 Å². The van der Waals surface area contributed by atoms with Crippen LogP contribution in [0.3, 0.4) is 0 Å². The molecule has 88 valence electrons. The SMILES string of the molecule is O=c1ncccn1CCNc1cccc(Cl)c1. The summed E-state index contributed by atoms with van der Waals surface area (Å²) in [7, 11) is 0. The number of halogens is 1. The van der Waals surface area contributed by atoms with E-state index in [2.05, 4.69) is 10.3 Å². The Hall–Kier alpha value is -1.81. The van der Waals surface area contributed by atoms with E-state index in [9.17, 15) is 4.79 Å². The maximum atomic E-state index is 11.3. The van der Waals surface area contributed by atoms with Gasteiger partial charge in [-0.2, -0.15) is 0 Å². The molecule has 1 N–H and O–H groups in total. The van der Waals surface area contributed by atoms with Gasteiger partial charge in [0.2, 0.25) is 0 Å². The van der Waals surface area contributed by atoms with Crippen LogP contribution in [-0.4, -0.2) is 16.1 Å². The Balaban J connectivity index is 1.92. The van der Waals surface area contributed by atoms with Crippen molar-refractivity contribution in [3.05, 3.63) is 58.2 Å². The third-order valence-electron chi connectivity index (χ3n) is 2.29. The summed E-state index contributed by atoms with van der Waals surface area (Å²) < 4.78 is 1.55. The van der Waals surface area contributed by atoms with Crippen LogP contribution in [0.25, 0.3) is 0 Å². The van der Waals surface area contributed by atoms with Gasteiger partial charge in [0.25, 0.3) is 0 Å². The summed E-state index contributed by atoms with van der Waals surface area (Å²) in [5.74, 6) is 0. The number of hydrogen-bond donors (Lipinski definition) is 1. The first-order chi connectivity index (χ1) is 8.25. The van der Waals surface area contributed by atoms with Crippen molar-refractivity contribution in [3.63, 3.8) is 0 Å². The summed E-state index contributed by atoms with van der Waals surface area (Å²) >= 11 is 5.86. The van der Waals surface area contributed by atoms with Gasteiger partial charge in [0.15, 0.2) is 0 Å². The first-order valence-electron chi connectivity index (χ1n) is 5.26. The minimum absolute atomic E-state index is 0.236. The minimum atomic E-state index is -0.236. The Kier molecular flexibility index (Phi) is 3.77. The van der Waals surface area contributed by atoms with Crippen molar-refractivity contribution in [2.45, 2.75) is 6.54 Å². The molecular weight excluding hydrogens is 238 g/mol. The van der Waals surface area contributed by atoms with Gasteiger partial charge in [0, 0.05) is 36.2 Å². The average molecular weight is 250 g/mol. The predicted molar refractivity (Wildman–Crippen MR) is 68.4 cm³/mol. The second-order valence-corrected chi connectivity index (χ2v) is 3.97. The lowest BCUT2D eigenvalue weighted by Gasteiger charge is -2.07. The van der Waals surface area contributed by atoms with E-state index in [-0.39, 0.29) is 5.69 Å². The zero-order chi connectivity index (χ0) is 12.1. The van der Waals surface area contributed by atoms with Crippen LogP contribution in [-0.2, 0) is 6.54 Å². The molecule has 1 aromatic heterocycles. The number of aromatic nitrogens is 2. The summed E-state index contributed by atoms with van der Waals surface area (Å²) in [6.07, 6.45) is 3.21. The number of nitrogens with one attached hydrogen (secondary N) is 1. The Bertz CT molecular complexity index is 553. The molecule has 0 atom stereocenters. The zero-order valence-corrected chi connectivity index (χ0v) is 9.89. The van der Waals surface area contributed by atoms with E-state index in [4.69, 9.17) is 11.6 Å². The summed E-state index contributed by atoms with van der Waals surface area (Å²) in [6, 6.07) is 9.20. The smallest absolute Gasteiger partial charge is 0.347 e. The Morgan fingerprint density at radius 2 is 2.24 bits per heavy atom. The van der Waals surface area contributed by atoms with Crippen LogP contribution in [0.1, 0.15) is 0 Å². The fourth-order valence-corrected chi connectivity index (χ4v) is 1.67. The van der Waals surface area contributed by atoms with E-state index >= 15 is 0 Å². The second-order valence-electron chi connectivity index (χ2n) is 3.53. The van der Waals surface area contributed by atoms with Crippen molar-refractivity contribution < 1.29 is 0 Å². The standard InChI is InChI=1S/C12H12ClN3O/c13-10-3-1-4-11(9-10)14-6-8-16-7-2-5-15-12(16)17/h1-5,7,9,14H,6,8H2. The predicted octanol–water partition coefficient (Wildman–Crippen LogP) is 2.01. The summed E-state index contributed by atoms with van der Waals surface area (Å²) in [5, 5.41) is 3.88. The van der Waals surface area contributed by atoms with Crippen LogP contribution in [0.15, 0.2) is 47.5 Å². The number of anilines is 1. The third-order valence-corrected chi connectivity index (χ3v) is 2.52. The first kappa shape index (κ1) is 11.7. The molecule has 1 aromatic carbocycles. The molecule has 2 aromatic rings. The van der Waals surface area contributed by atoms with Gasteiger partial charge < -0.3 is 5.32 Å². The normalized spacial score (nSPS) is 10.2. The van der Waals surface area contributed by atoms with E-state index in [1.54, 1.807) is 16.8 Å². The van der Waals surface area contributed by atoms with Gasteiger partial charge in [-0.15, -0.1) is 0 Å². The number of benzene rings is 1. The second kappa shape index (κ2) is 5.50. The van der Waals surface area contributed by atoms with Crippen LogP contribution in [0.2, 0.25) is 5.02 Å². The Morgan fingerprint density at radius 1 is 1.35 bits per heavy atom. The number of hydrogen-bond acceptors (Lipinski definition) is 3. The summed E-state index contributed by atoms with van der Waals surface area (Å²) in [6.45, 7) is 1.21. The molecule has 0 bridgehead atoms. The average Bonchev–Trinajstić information content (AvgIpc) is 2.32. The van der Waals surface area contributed by atoms with E-state index in [1.165, 1.54) is 6.20 Å². The van der Waals surface area contributed by atoms with Crippen LogP contribution in [0.5, 0.6) is 0 Å². The monoisotopic (exact) mass is 249 g/mol. The molecule has 2 rings (SSSR count). The van der Waals surface area contributed by atoms with Gasteiger partial charge in [-0.3, -0.25) is 4.57 Å². The lowest BCUT2D eigenvalue weighted by molar-refractivity contribution is 0.674. The van der Waals surface area contributed by atoms with E-state index in [0.717, 1.165) is 5.69 Å². The van der Waals surface area contributed by atoms with Crippen LogP contribution in [0, 0.1) is 0 Å². The molecule has 0 radical (unpaired) electrons. The van der Waals surface area contributed by atoms with Gasteiger partial charge in [-0.1, -0.05) is 17.7 Å². The van der Waals surface area contributed by atoms with Crippen molar-refractivity contribution in [1.82, 2.24) is 9.55 Å². The molecule has 17 heavy (non-hydrogen) atoms. The third kappa shape index (κ3) is 3.32. The first-order valence-corrected chi connectivity index (χ1v) is 5.64. The molecular formula is C12H12ClN3O. The molecule has 0 aliphatic carbocycles. The molecule has 0 spiro atoms. The molecule has 0 amide bonds. The van der Waals surface area contributed by atoms with Crippen molar-refractivity contribution in [2.75, 3.05) is 11.9 Å². The van der Waals surface area contributed by atoms with Gasteiger partial charge >= 0.3 is 5.69 Å². The van der Waals surface area contributed by atoms with E-state index < -0.39 is 0 Å². The maximum Gasteiger partial charge on any atom is 0.347 e. The molecule has 0 saturated carbocycles. The van der Waals surface area contributed by atoms with Gasteiger partial charge in [-0.05, 0) is 24.3 Å². The lowest BCUT2D eigenvalue weighted by Crippen LogP contribution is -2.24. The van der Waals surface area contributed by atoms with Gasteiger partial charge in [0.1, 0.15) is 0 Å². The van der Waals surface area contributed by atoms with Crippen molar-refractivity contribution in [2.24, 2.45) is 0 Å². The number of nitrogens with zero attached hydrogens (tertiary/aromatic N) is 2. The lowest BCUT2D eigenvalue weighted by atomic mass is 10.3. The maximum absolute atomic E-state index is 11.3. The molecule has 0 aliphatic rings. The van der Waals surface area contributed by atoms with Crippen molar-refractivity contribution in [3.8, 4) is 0 Å². The summed E-state index contributed by atoms with van der Waals surface area (Å²) in [5.41, 5.74) is 0.704. The quantitative estimate of drug-likeness (QED) is 0.902. The molecule has 1 heterocycles. The highest BCUT2D eigenvalue weighted by molar-refractivity contribution is 6.30. The molecule has 0 aliphatic heterocycles. The van der Waals surface area contributed by atoms with Crippen molar-refractivity contribution in [1.29, 1.82) is 0 Å². The fraction of sp³-hybridized carbons (Fsp3) is 0.167. The molecule has 4 nitrogen and oxygen atoms in total. The topological polar surface area (TPSA) is 46.9 Å². The Labute approximate surface area is 104 Å². The van der Waals surface area contributed by atoms with Crippen molar-refractivity contribution >= 4 is 17.3 Å². The van der Waals surface area contributed by atoms with Crippen LogP contribution >= 0.6 is 11.6 Å². The largest absolute Gasteiger partial charge is 0.383 e. The highest BCUT2D eigenvalue weighted by Crippen LogP contribution is 2.14. The van der Waals surface area contributed by atoms with E-state index in [1.807, 2.05) is 24.3 Å². The highest BCUT2D eigenvalue weighted by atomic mass is 35.5. The number of rotatable bonds is 4. The van der Waals surface area contributed by atoms with Crippen LogP contribution in [0.4, 0.5) is 5.69 Å². The highest BCUT2D eigenvalue weighted by Gasteiger charge is 1.96. The zero-order valence-electron chi connectivity index (χ0n) is 9.14. The van der Waals surface area contributed by atoms with Gasteiger partial charge in [-0.25, -0.2) is 9.78 Å². The summed E-state index contributed by atoms with van der Waals surface area (Å²) in [4.78, 5) is 15.0. The fourth-order valence-electron chi connectivity index (χ4n) is 1.48. The van der Waals surface area contributed by atoms with Gasteiger partial charge in [0.05, 0.1) is 0 Å². The molecule has 0 fully saturated rings. The molecule has 0 saturated heterocycles. The molecule has 0 unspecified atom stereocenters. The van der Waals surface area contributed by atoms with Crippen LogP contribution < -0.4 is 11.0 Å². The molecule has 5 heteroatoms.